The van der Waals surface area contributed by atoms with Crippen LogP contribution in [0.25, 0.3) is 0 Å². The number of hydrogen-bond acceptors (Lipinski definition) is 4. The molecule has 1 unspecified atom stereocenters. The molecule has 3 rings (SSSR count). The molecule has 1 aromatic heterocycles. The minimum atomic E-state index is -0.326. The van der Waals surface area contributed by atoms with Crippen LogP contribution >= 0.6 is 11.3 Å². The van der Waals surface area contributed by atoms with Crippen LogP contribution in [-0.2, 0) is 22.4 Å². The maximum absolute atomic E-state index is 12.5. The van der Waals surface area contributed by atoms with Crippen molar-refractivity contribution in [2.24, 2.45) is 17.3 Å². The molecule has 1 amide bonds. The van der Waals surface area contributed by atoms with E-state index in [1.54, 1.807) is 11.3 Å². The summed E-state index contributed by atoms with van der Waals surface area (Å²) in [6.45, 7) is 6.84. The molecular formula is C22H33NO3S. The number of ether oxygens (including phenoxy) is 1. The molecule has 27 heavy (non-hydrogen) atoms. The van der Waals surface area contributed by atoms with E-state index in [4.69, 9.17) is 4.74 Å². The number of anilines is 1. The molecule has 0 saturated heterocycles. The van der Waals surface area contributed by atoms with E-state index in [1.165, 1.54) is 37.7 Å². The van der Waals surface area contributed by atoms with E-state index in [-0.39, 0.29) is 17.3 Å². The minimum absolute atomic E-state index is 0.0259. The fourth-order valence-electron chi connectivity index (χ4n) is 4.55. The summed E-state index contributed by atoms with van der Waals surface area (Å²) >= 11 is 1.58. The quantitative estimate of drug-likeness (QED) is 0.665. The predicted molar refractivity (Wildman–Crippen MR) is 110 cm³/mol. The molecule has 2 aliphatic carbocycles. The zero-order valence-corrected chi connectivity index (χ0v) is 18.0. The topological polar surface area (TPSA) is 55.4 Å². The van der Waals surface area contributed by atoms with Gasteiger partial charge in [-0.15, -0.1) is 11.3 Å². The van der Waals surface area contributed by atoms with Crippen LogP contribution in [0, 0.1) is 17.3 Å². The highest BCUT2D eigenvalue weighted by Gasteiger charge is 2.34. The van der Waals surface area contributed by atoms with Crippen LogP contribution in [0.2, 0.25) is 0 Å². The van der Waals surface area contributed by atoms with Crippen molar-refractivity contribution in [1.29, 1.82) is 0 Å². The molecule has 1 fully saturated rings. The minimum Gasteiger partial charge on any atom is -0.465 e. The fourth-order valence-corrected chi connectivity index (χ4v) is 5.89. The Morgan fingerprint density at radius 3 is 2.52 bits per heavy atom. The van der Waals surface area contributed by atoms with Crippen molar-refractivity contribution in [3.63, 3.8) is 0 Å². The number of thiophene rings is 1. The first-order valence-corrected chi connectivity index (χ1v) is 11.1. The largest absolute Gasteiger partial charge is 0.465 e. The van der Waals surface area contributed by atoms with Crippen LogP contribution in [-0.4, -0.2) is 19.0 Å². The number of fused-ring (bicyclic) bond motifs is 1. The van der Waals surface area contributed by atoms with Gasteiger partial charge in [0.25, 0.3) is 0 Å². The lowest BCUT2D eigenvalue weighted by atomic mass is 9.72. The molecule has 1 heterocycles. The maximum Gasteiger partial charge on any atom is 0.341 e. The van der Waals surface area contributed by atoms with E-state index in [9.17, 15) is 9.59 Å². The highest BCUT2D eigenvalue weighted by atomic mass is 32.1. The van der Waals surface area contributed by atoms with E-state index >= 15 is 0 Å². The lowest BCUT2D eigenvalue weighted by Gasteiger charge is -2.33. The van der Waals surface area contributed by atoms with E-state index in [0.717, 1.165) is 31.2 Å². The van der Waals surface area contributed by atoms with Crippen LogP contribution in [0.3, 0.4) is 0 Å². The Morgan fingerprint density at radius 2 is 1.89 bits per heavy atom. The van der Waals surface area contributed by atoms with Gasteiger partial charge in [0.05, 0.1) is 12.7 Å². The van der Waals surface area contributed by atoms with E-state index in [0.29, 0.717) is 28.8 Å². The molecule has 1 N–H and O–H groups in total. The molecule has 0 aliphatic heterocycles. The Bertz CT molecular complexity index is 695. The average molecular weight is 392 g/mol. The number of hydrogen-bond donors (Lipinski definition) is 1. The van der Waals surface area contributed by atoms with Gasteiger partial charge in [-0.3, -0.25) is 4.79 Å². The van der Waals surface area contributed by atoms with Crippen LogP contribution in [0.15, 0.2) is 0 Å². The van der Waals surface area contributed by atoms with Crippen molar-refractivity contribution >= 4 is 28.2 Å². The molecule has 0 spiro atoms. The molecule has 0 bridgehead atoms. The molecule has 5 heteroatoms. The molecule has 0 radical (unpaired) electrons. The van der Waals surface area contributed by atoms with Gasteiger partial charge < -0.3 is 10.1 Å². The van der Waals surface area contributed by atoms with Gasteiger partial charge in [0.2, 0.25) is 5.91 Å². The molecule has 4 nitrogen and oxygen atoms in total. The third kappa shape index (κ3) is 4.74. The highest BCUT2D eigenvalue weighted by Crippen LogP contribution is 2.44. The van der Waals surface area contributed by atoms with Crippen molar-refractivity contribution < 1.29 is 14.3 Å². The van der Waals surface area contributed by atoms with Gasteiger partial charge in [0, 0.05) is 11.3 Å². The summed E-state index contributed by atoms with van der Waals surface area (Å²) in [4.78, 5) is 26.2. The normalized spacial score (nSPS) is 20.4. The summed E-state index contributed by atoms with van der Waals surface area (Å²) in [6, 6.07) is 0. The predicted octanol–water partition coefficient (Wildman–Crippen LogP) is 5.59. The first-order chi connectivity index (χ1) is 12.8. The highest BCUT2D eigenvalue weighted by molar-refractivity contribution is 7.17. The van der Waals surface area contributed by atoms with Crippen molar-refractivity contribution in [3.8, 4) is 0 Å². The van der Waals surface area contributed by atoms with Gasteiger partial charge in [0.1, 0.15) is 5.00 Å². The first kappa shape index (κ1) is 20.4. The monoisotopic (exact) mass is 391 g/mol. The zero-order valence-electron chi connectivity index (χ0n) is 17.2. The molecule has 1 saturated carbocycles. The number of carbonyl (C=O) groups excluding carboxylic acids is 2. The van der Waals surface area contributed by atoms with Crippen LogP contribution < -0.4 is 5.32 Å². The molecule has 1 aromatic rings. The van der Waals surface area contributed by atoms with Crippen molar-refractivity contribution in [1.82, 2.24) is 0 Å². The summed E-state index contributed by atoms with van der Waals surface area (Å²) < 4.78 is 5.03. The fraction of sp³-hybridized carbons (Fsp3) is 0.727. The van der Waals surface area contributed by atoms with Gasteiger partial charge in [0.15, 0.2) is 0 Å². The summed E-state index contributed by atoms with van der Waals surface area (Å²) in [7, 11) is 1.42. The molecule has 2 aliphatic rings. The van der Waals surface area contributed by atoms with Gasteiger partial charge in [-0.2, -0.15) is 0 Å². The van der Waals surface area contributed by atoms with Crippen LogP contribution in [0.1, 0.15) is 86.5 Å². The molecule has 0 aromatic carbocycles. The summed E-state index contributed by atoms with van der Waals surface area (Å²) in [6.07, 6.45) is 9.53. The Morgan fingerprint density at radius 1 is 1.19 bits per heavy atom. The van der Waals surface area contributed by atoms with Gasteiger partial charge in [-0.1, -0.05) is 46.5 Å². The van der Waals surface area contributed by atoms with Gasteiger partial charge in [-0.05, 0) is 48.5 Å². The van der Waals surface area contributed by atoms with Crippen molar-refractivity contribution in [2.45, 2.75) is 78.6 Å². The number of esters is 1. The maximum atomic E-state index is 12.5. The third-order valence-corrected chi connectivity index (χ3v) is 7.56. The second kappa shape index (κ2) is 8.34. The second-order valence-corrected chi connectivity index (χ2v) is 10.3. The third-order valence-electron chi connectivity index (χ3n) is 6.39. The average Bonchev–Trinajstić information content (AvgIpc) is 3.25. The summed E-state index contributed by atoms with van der Waals surface area (Å²) in [5, 5.41) is 3.73. The van der Waals surface area contributed by atoms with Gasteiger partial charge >= 0.3 is 5.97 Å². The lowest BCUT2D eigenvalue weighted by Crippen LogP contribution is -2.26. The first-order valence-electron chi connectivity index (χ1n) is 10.3. The lowest BCUT2D eigenvalue weighted by molar-refractivity contribution is -0.116. The Labute approximate surface area is 167 Å². The summed E-state index contributed by atoms with van der Waals surface area (Å²) in [5.41, 5.74) is 1.94. The SMILES string of the molecule is COC(=O)c1c(NC(=O)CCC2CCCC2)sc2c1CCC(C(C)(C)C)C2. The second-order valence-electron chi connectivity index (χ2n) is 9.24. The Hall–Kier alpha value is -1.36. The zero-order chi connectivity index (χ0) is 19.6. The summed E-state index contributed by atoms with van der Waals surface area (Å²) in [5.74, 6) is 0.991. The number of amides is 1. The van der Waals surface area contributed by atoms with E-state index in [1.807, 2.05) is 0 Å². The van der Waals surface area contributed by atoms with Crippen molar-refractivity contribution in [2.75, 3.05) is 12.4 Å². The number of nitrogens with one attached hydrogen (secondary N) is 1. The van der Waals surface area contributed by atoms with Crippen LogP contribution in [0.4, 0.5) is 5.00 Å². The molecule has 1 atom stereocenters. The van der Waals surface area contributed by atoms with Crippen molar-refractivity contribution in [3.05, 3.63) is 16.0 Å². The number of methoxy groups -OCH3 is 1. The van der Waals surface area contributed by atoms with E-state index in [2.05, 4.69) is 26.1 Å². The Kier molecular flexibility index (Phi) is 6.29. The molecule has 150 valence electrons. The number of rotatable bonds is 5. The number of carbonyl (C=O) groups is 2. The smallest absolute Gasteiger partial charge is 0.341 e. The van der Waals surface area contributed by atoms with Crippen LogP contribution in [0.5, 0.6) is 0 Å². The standard InChI is InChI=1S/C22H33NO3S/c1-22(2,3)15-10-11-16-17(13-15)27-20(19(16)21(25)26-4)23-18(24)12-9-14-7-5-6-8-14/h14-15H,5-13H2,1-4H3,(H,23,24). The van der Waals surface area contributed by atoms with E-state index < -0.39 is 0 Å². The Balaban J connectivity index is 1.75. The van der Waals surface area contributed by atoms with Gasteiger partial charge in [-0.25, -0.2) is 4.79 Å². The molecular weight excluding hydrogens is 358 g/mol.